The van der Waals surface area contributed by atoms with Crippen LogP contribution in [0, 0.1) is 5.92 Å². The zero-order valence-corrected chi connectivity index (χ0v) is 11.9. The van der Waals surface area contributed by atoms with Gasteiger partial charge in [-0.1, -0.05) is 32.4 Å². The van der Waals surface area contributed by atoms with Crippen LogP contribution in [0.4, 0.5) is 0 Å². The number of hydrogen-bond acceptors (Lipinski definition) is 2. The van der Waals surface area contributed by atoms with E-state index in [2.05, 4.69) is 23.7 Å². The van der Waals surface area contributed by atoms with Crippen LogP contribution < -0.4 is 10.7 Å². The van der Waals surface area contributed by atoms with Gasteiger partial charge in [0.2, 0.25) is 0 Å². The van der Waals surface area contributed by atoms with E-state index in [0.717, 1.165) is 23.9 Å². The molecule has 0 bridgehead atoms. The molecule has 0 spiro atoms. The molecule has 3 heteroatoms. The molecule has 1 N–H and O–H groups in total. The van der Waals surface area contributed by atoms with E-state index in [0.29, 0.717) is 12.0 Å². The number of rotatable bonds is 5. The Labute approximate surface area is 114 Å². The summed E-state index contributed by atoms with van der Waals surface area (Å²) < 4.78 is 2.17. The van der Waals surface area contributed by atoms with Crippen molar-refractivity contribution in [3.8, 4) is 0 Å². The third-order valence-electron chi connectivity index (χ3n) is 3.98. The molecule has 3 nitrogen and oxygen atoms in total. The Kier molecular flexibility index (Phi) is 4.38. The molecule has 0 fully saturated rings. The SMILES string of the molecule is CCC(C)C(Cn1ccc(=O)c2ccccc21)NC. The lowest BCUT2D eigenvalue weighted by Gasteiger charge is -2.24. The molecule has 2 rings (SSSR count). The highest BCUT2D eigenvalue weighted by molar-refractivity contribution is 5.78. The molecule has 1 aromatic carbocycles. The normalized spacial score (nSPS) is 14.5. The lowest BCUT2D eigenvalue weighted by molar-refractivity contribution is 0.351. The summed E-state index contributed by atoms with van der Waals surface area (Å²) in [5.74, 6) is 0.600. The Hall–Kier alpha value is -1.61. The molecule has 0 aliphatic carbocycles. The Morgan fingerprint density at radius 1 is 1.26 bits per heavy atom. The molecule has 0 aliphatic heterocycles. The van der Waals surface area contributed by atoms with Gasteiger partial charge in [0, 0.05) is 30.2 Å². The van der Waals surface area contributed by atoms with Crippen molar-refractivity contribution in [2.75, 3.05) is 7.05 Å². The first-order chi connectivity index (χ1) is 9.17. The molecule has 0 saturated heterocycles. The van der Waals surface area contributed by atoms with Gasteiger partial charge in [-0.25, -0.2) is 0 Å². The molecule has 0 amide bonds. The van der Waals surface area contributed by atoms with Crippen LogP contribution in [0.2, 0.25) is 0 Å². The summed E-state index contributed by atoms with van der Waals surface area (Å²) in [6.45, 7) is 5.34. The van der Waals surface area contributed by atoms with Gasteiger partial charge in [-0.15, -0.1) is 0 Å². The van der Waals surface area contributed by atoms with Gasteiger partial charge in [-0.2, -0.15) is 0 Å². The Morgan fingerprint density at radius 3 is 2.68 bits per heavy atom. The second-order valence-electron chi connectivity index (χ2n) is 5.13. The van der Waals surface area contributed by atoms with E-state index >= 15 is 0 Å². The van der Waals surface area contributed by atoms with E-state index in [9.17, 15) is 4.79 Å². The van der Waals surface area contributed by atoms with Gasteiger partial charge >= 0.3 is 0 Å². The number of nitrogens with zero attached hydrogens (tertiary/aromatic N) is 1. The van der Waals surface area contributed by atoms with Crippen molar-refractivity contribution >= 4 is 10.9 Å². The average Bonchev–Trinajstić information content (AvgIpc) is 2.46. The molecule has 0 saturated carbocycles. The maximum atomic E-state index is 11.8. The molecule has 2 unspecified atom stereocenters. The van der Waals surface area contributed by atoms with Gasteiger partial charge in [0.1, 0.15) is 0 Å². The highest BCUT2D eigenvalue weighted by Crippen LogP contribution is 2.14. The van der Waals surface area contributed by atoms with Crippen LogP contribution in [0.1, 0.15) is 20.3 Å². The first-order valence-electron chi connectivity index (χ1n) is 6.92. The van der Waals surface area contributed by atoms with Crippen molar-refractivity contribution in [2.45, 2.75) is 32.9 Å². The Morgan fingerprint density at radius 2 is 2.00 bits per heavy atom. The van der Waals surface area contributed by atoms with E-state index in [4.69, 9.17) is 0 Å². The van der Waals surface area contributed by atoms with Gasteiger partial charge < -0.3 is 9.88 Å². The predicted octanol–water partition coefficient (Wildman–Crippen LogP) is 2.64. The van der Waals surface area contributed by atoms with E-state index in [1.54, 1.807) is 6.07 Å². The quantitative estimate of drug-likeness (QED) is 0.894. The summed E-state index contributed by atoms with van der Waals surface area (Å²) in [6.07, 6.45) is 3.04. The van der Waals surface area contributed by atoms with Gasteiger partial charge in [0.25, 0.3) is 0 Å². The largest absolute Gasteiger partial charge is 0.346 e. The number of benzene rings is 1. The maximum absolute atomic E-state index is 11.8. The van der Waals surface area contributed by atoms with Crippen molar-refractivity contribution in [3.05, 3.63) is 46.8 Å². The lowest BCUT2D eigenvalue weighted by atomic mass is 9.99. The van der Waals surface area contributed by atoms with E-state index in [1.807, 2.05) is 37.5 Å². The second-order valence-corrected chi connectivity index (χ2v) is 5.13. The summed E-state index contributed by atoms with van der Waals surface area (Å²) in [6, 6.07) is 9.88. The third-order valence-corrected chi connectivity index (χ3v) is 3.98. The van der Waals surface area contributed by atoms with Gasteiger partial charge in [0.15, 0.2) is 5.43 Å². The Balaban J connectivity index is 2.40. The molecular formula is C16H22N2O. The average molecular weight is 258 g/mol. The van der Waals surface area contributed by atoms with E-state index in [1.165, 1.54) is 0 Å². The topological polar surface area (TPSA) is 34.0 Å². The number of likely N-dealkylation sites (N-methyl/N-ethyl adjacent to an activating group) is 1. The van der Waals surface area contributed by atoms with E-state index in [-0.39, 0.29) is 5.43 Å². The fraction of sp³-hybridized carbons (Fsp3) is 0.438. The van der Waals surface area contributed by atoms with Crippen molar-refractivity contribution in [3.63, 3.8) is 0 Å². The van der Waals surface area contributed by atoms with Crippen LogP contribution in [-0.2, 0) is 6.54 Å². The van der Waals surface area contributed by atoms with Crippen LogP contribution in [0.5, 0.6) is 0 Å². The fourth-order valence-corrected chi connectivity index (χ4v) is 2.47. The molecule has 1 aromatic heterocycles. The standard InChI is InChI=1S/C16H22N2O/c1-4-12(2)14(17-3)11-18-10-9-16(19)13-7-5-6-8-15(13)18/h5-10,12,14,17H,4,11H2,1-3H3. The summed E-state index contributed by atoms with van der Waals surface area (Å²) in [4.78, 5) is 11.8. The van der Waals surface area contributed by atoms with Crippen LogP contribution in [0.25, 0.3) is 10.9 Å². The van der Waals surface area contributed by atoms with Crippen LogP contribution in [0.3, 0.4) is 0 Å². The number of nitrogens with one attached hydrogen (secondary N) is 1. The monoisotopic (exact) mass is 258 g/mol. The van der Waals surface area contributed by atoms with Crippen molar-refractivity contribution in [2.24, 2.45) is 5.92 Å². The number of pyridine rings is 1. The van der Waals surface area contributed by atoms with Crippen LogP contribution in [-0.4, -0.2) is 17.7 Å². The number of para-hydroxylation sites is 1. The second kappa shape index (κ2) is 6.02. The predicted molar refractivity (Wildman–Crippen MR) is 80.5 cm³/mol. The fourth-order valence-electron chi connectivity index (χ4n) is 2.47. The maximum Gasteiger partial charge on any atom is 0.189 e. The Bertz CT molecular complexity index is 603. The lowest BCUT2D eigenvalue weighted by Crippen LogP contribution is -2.36. The number of hydrogen-bond donors (Lipinski definition) is 1. The van der Waals surface area contributed by atoms with Gasteiger partial charge in [-0.3, -0.25) is 4.79 Å². The zero-order valence-electron chi connectivity index (χ0n) is 11.9. The summed E-state index contributed by atoms with van der Waals surface area (Å²) in [5, 5.41) is 4.18. The molecule has 1 heterocycles. The van der Waals surface area contributed by atoms with Crippen molar-refractivity contribution < 1.29 is 0 Å². The molecule has 2 aromatic rings. The van der Waals surface area contributed by atoms with Crippen LogP contribution >= 0.6 is 0 Å². The molecule has 102 valence electrons. The first-order valence-corrected chi connectivity index (χ1v) is 6.92. The first kappa shape index (κ1) is 13.8. The van der Waals surface area contributed by atoms with Crippen molar-refractivity contribution in [1.29, 1.82) is 0 Å². The highest BCUT2D eigenvalue weighted by atomic mass is 16.1. The third kappa shape index (κ3) is 2.87. The summed E-state index contributed by atoms with van der Waals surface area (Å²) in [7, 11) is 2.00. The molecular weight excluding hydrogens is 236 g/mol. The van der Waals surface area contributed by atoms with Crippen molar-refractivity contribution in [1.82, 2.24) is 9.88 Å². The summed E-state index contributed by atoms with van der Waals surface area (Å²) >= 11 is 0. The summed E-state index contributed by atoms with van der Waals surface area (Å²) in [5.41, 5.74) is 1.11. The molecule has 19 heavy (non-hydrogen) atoms. The number of fused-ring (bicyclic) bond motifs is 1. The van der Waals surface area contributed by atoms with Gasteiger partial charge in [-0.05, 0) is 25.1 Å². The smallest absolute Gasteiger partial charge is 0.189 e. The molecule has 2 atom stereocenters. The highest BCUT2D eigenvalue weighted by Gasteiger charge is 2.14. The van der Waals surface area contributed by atoms with Crippen LogP contribution in [0.15, 0.2) is 41.3 Å². The zero-order chi connectivity index (χ0) is 13.8. The molecule has 0 aliphatic rings. The molecule has 0 radical (unpaired) electrons. The number of aromatic nitrogens is 1. The minimum atomic E-state index is 0.0939. The van der Waals surface area contributed by atoms with Gasteiger partial charge in [0.05, 0.1) is 5.52 Å². The minimum Gasteiger partial charge on any atom is -0.346 e. The minimum absolute atomic E-state index is 0.0939. The van der Waals surface area contributed by atoms with E-state index < -0.39 is 0 Å².